The Labute approximate surface area is 107 Å². The number of hydrogen-bond acceptors (Lipinski definition) is 3. The fraction of sp³-hybridized carbons (Fsp3) is 0.846. The first kappa shape index (κ1) is 12.0. The molecule has 100 valence electrons. The first-order valence-electron chi connectivity index (χ1n) is 6.90. The molecule has 2 amide bonds. The number of piperazine rings is 1. The van der Waals surface area contributed by atoms with Crippen molar-refractivity contribution in [2.45, 2.75) is 31.7 Å². The van der Waals surface area contributed by atoms with Crippen molar-refractivity contribution in [3.8, 4) is 0 Å². The highest BCUT2D eigenvalue weighted by Gasteiger charge is 2.42. The van der Waals surface area contributed by atoms with E-state index in [1.165, 1.54) is 0 Å². The first-order valence-corrected chi connectivity index (χ1v) is 6.90. The first-order chi connectivity index (χ1) is 8.74. The molecule has 0 spiro atoms. The van der Waals surface area contributed by atoms with Crippen molar-refractivity contribution in [3.63, 3.8) is 0 Å². The van der Waals surface area contributed by atoms with Gasteiger partial charge in [-0.1, -0.05) is 0 Å². The Balaban J connectivity index is 1.62. The van der Waals surface area contributed by atoms with Crippen molar-refractivity contribution in [3.05, 3.63) is 0 Å². The molecule has 0 radical (unpaired) electrons. The van der Waals surface area contributed by atoms with E-state index in [1.54, 1.807) is 4.90 Å². The van der Waals surface area contributed by atoms with Crippen molar-refractivity contribution in [2.24, 2.45) is 11.8 Å². The van der Waals surface area contributed by atoms with Crippen LogP contribution in [0.1, 0.15) is 25.7 Å². The molecule has 1 saturated carbocycles. The highest BCUT2D eigenvalue weighted by Crippen LogP contribution is 2.34. The zero-order valence-corrected chi connectivity index (χ0v) is 10.6. The van der Waals surface area contributed by atoms with Gasteiger partial charge in [0.05, 0.1) is 13.2 Å². The van der Waals surface area contributed by atoms with Crippen LogP contribution in [0.25, 0.3) is 0 Å². The van der Waals surface area contributed by atoms with Crippen LogP contribution in [0.3, 0.4) is 0 Å². The molecule has 0 aromatic rings. The number of amides is 2. The molecular weight excluding hydrogens is 232 g/mol. The van der Waals surface area contributed by atoms with Gasteiger partial charge in [0.2, 0.25) is 11.8 Å². The van der Waals surface area contributed by atoms with E-state index >= 15 is 0 Å². The number of carbonyl (C=O) groups excluding carboxylic acids is 2. The summed E-state index contributed by atoms with van der Waals surface area (Å²) in [5.74, 6) is 0.881. The standard InChI is InChI=1S/C13H20N2O3/c16-11-7-15(6-9-2-1-5-18-8-9)13(17)12(14-11)10-3-4-10/h9-10,12H,1-8H2,(H,14,16). The molecule has 18 heavy (non-hydrogen) atoms. The molecule has 5 heteroatoms. The maximum absolute atomic E-state index is 12.3. The third kappa shape index (κ3) is 2.51. The highest BCUT2D eigenvalue weighted by atomic mass is 16.5. The molecule has 3 fully saturated rings. The second-order valence-corrected chi connectivity index (χ2v) is 5.68. The van der Waals surface area contributed by atoms with E-state index in [-0.39, 0.29) is 24.4 Å². The van der Waals surface area contributed by atoms with Gasteiger partial charge < -0.3 is 15.0 Å². The molecule has 0 aromatic heterocycles. The van der Waals surface area contributed by atoms with Gasteiger partial charge in [0.1, 0.15) is 6.04 Å². The average Bonchev–Trinajstić information content (AvgIpc) is 3.19. The molecule has 3 rings (SSSR count). The van der Waals surface area contributed by atoms with Gasteiger partial charge in [-0.2, -0.15) is 0 Å². The van der Waals surface area contributed by atoms with Crippen LogP contribution in [0.2, 0.25) is 0 Å². The van der Waals surface area contributed by atoms with E-state index in [2.05, 4.69) is 5.32 Å². The Hall–Kier alpha value is -1.10. The zero-order chi connectivity index (χ0) is 12.5. The summed E-state index contributed by atoms with van der Waals surface area (Å²) in [6.45, 7) is 2.45. The molecule has 0 bridgehead atoms. The third-order valence-corrected chi connectivity index (χ3v) is 4.06. The predicted molar refractivity (Wildman–Crippen MR) is 64.8 cm³/mol. The molecule has 2 unspecified atom stereocenters. The smallest absolute Gasteiger partial charge is 0.245 e. The third-order valence-electron chi connectivity index (χ3n) is 4.06. The zero-order valence-electron chi connectivity index (χ0n) is 10.6. The molecule has 2 saturated heterocycles. The van der Waals surface area contributed by atoms with Crippen LogP contribution in [0.5, 0.6) is 0 Å². The lowest BCUT2D eigenvalue weighted by molar-refractivity contribution is -0.146. The summed E-state index contributed by atoms with van der Waals surface area (Å²) in [5, 5.41) is 2.83. The Bertz CT molecular complexity index is 348. The van der Waals surface area contributed by atoms with E-state index in [0.29, 0.717) is 18.4 Å². The molecule has 2 atom stereocenters. The fourth-order valence-electron chi connectivity index (χ4n) is 2.90. The second-order valence-electron chi connectivity index (χ2n) is 5.68. The summed E-state index contributed by atoms with van der Waals surface area (Å²) in [7, 11) is 0. The molecule has 5 nitrogen and oxygen atoms in total. The van der Waals surface area contributed by atoms with Gasteiger partial charge in [-0.15, -0.1) is 0 Å². The van der Waals surface area contributed by atoms with Crippen molar-refractivity contribution in [2.75, 3.05) is 26.3 Å². The maximum atomic E-state index is 12.3. The fourth-order valence-corrected chi connectivity index (χ4v) is 2.90. The number of hydrogen-bond donors (Lipinski definition) is 1. The van der Waals surface area contributed by atoms with Gasteiger partial charge in [0.25, 0.3) is 0 Å². The number of ether oxygens (including phenoxy) is 1. The minimum atomic E-state index is -0.254. The van der Waals surface area contributed by atoms with Crippen LogP contribution in [-0.2, 0) is 14.3 Å². The molecule has 2 aliphatic heterocycles. The topological polar surface area (TPSA) is 58.6 Å². The van der Waals surface area contributed by atoms with Gasteiger partial charge in [0.15, 0.2) is 0 Å². The minimum Gasteiger partial charge on any atom is -0.381 e. The lowest BCUT2D eigenvalue weighted by Crippen LogP contribution is -2.59. The summed E-state index contributed by atoms with van der Waals surface area (Å²) < 4.78 is 5.43. The van der Waals surface area contributed by atoms with E-state index in [4.69, 9.17) is 4.74 Å². The number of nitrogens with zero attached hydrogens (tertiary/aromatic N) is 1. The summed E-state index contributed by atoms with van der Waals surface area (Å²) >= 11 is 0. The van der Waals surface area contributed by atoms with E-state index in [1.807, 2.05) is 0 Å². The van der Waals surface area contributed by atoms with Crippen LogP contribution in [0.4, 0.5) is 0 Å². The highest BCUT2D eigenvalue weighted by molar-refractivity contribution is 5.95. The van der Waals surface area contributed by atoms with Crippen LogP contribution in [-0.4, -0.2) is 49.1 Å². The quantitative estimate of drug-likeness (QED) is 0.778. The molecule has 0 aromatic carbocycles. The average molecular weight is 252 g/mol. The summed E-state index contributed by atoms with van der Waals surface area (Å²) in [5.41, 5.74) is 0. The Morgan fingerprint density at radius 1 is 1.28 bits per heavy atom. The molecule has 2 heterocycles. The summed E-state index contributed by atoms with van der Waals surface area (Å²) in [4.78, 5) is 25.7. The maximum Gasteiger partial charge on any atom is 0.245 e. The van der Waals surface area contributed by atoms with E-state index in [9.17, 15) is 9.59 Å². The van der Waals surface area contributed by atoms with E-state index in [0.717, 1.165) is 38.9 Å². The van der Waals surface area contributed by atoms with Crippen molar-refractivity contribution < 1.29 is 14.3 Å². The van der Waals surface area contributed by atoms with Crippen LogP contribution < -0.4 is 5.32 Å². The van der Waals surface area contributed by atoms with Gasteiger partial charge in [-0.25, -0.2) is 0 Å². The van der Waals surface area contributed by atoms with Gasteiger partial charge in [-0.3, -0.25) is 9.59 Å². The monoisotopic (exact) mass is 252 g/mol. The molecular formula is C13H20N2O3. The van der Waals surface area contributed by atoms with Gasteiger partial charge in [-0.05, 0) is 37.5 Å². The van der Waals surface area contributed by atoms with Crippen molar-refractivity contribution >= 4 is 11.8 Å². The van der Waals surface area contributed by atoms with Gasteiger partial charge in [0, 0.05) is 13.2 Å². The van der Waals surface area contributed by atoms with Crippen LogP contribution in [0, 0.1) is 11.8 Å². The molecule has 1 N–H and O–H groups in total. The van der Waals surface area contributed by atoms with Crippen molar-refractivity contribution in [1.29, 1.82) is 0 Å². The number of carbonyl (C=O) groups is 2. The Morgan fingerprint density at radius 3 is 2.78 bits per heavy atom. The predicted octanol–water partition coefficient (Wildman–Crippen LogP) is 0.150. The SMILES string of the molecule is O=C1CN(CC2CCCOC2)C(=O)C(C2CC2)N1. The molecule has 1 aliphatic carbocycles. The van der Waals surface area contributed by atoms with Crippen molar-refractivity contribution in [1.82, 2.24) is 10.2 Å². The number of nitrogens with one attached hydrogen (secondary N) is 1. The summed E-state index contributed by atoms with van der Waals surface area (Å²) in [6.07, 6.45) is 4.29. The lowest BCUT2D eigenvalue weighted by Gasteiger charge is -2.35. The van der Waals surface area contributed by atoms with Crippen LogP contribution in [0.15, 0.2) is 0 Å². The Morgan fingerprint density at radius 2 is 2.11 bits per heavy atom. The largest absolute Gasteiger partial charge is 0.381 e. The lowest BCUT2D eigenvalue weighted by atomic mass is 10.00. The summed E-state index contributed by atoms with van der Waals surface area (Å²) in [6, 6.07) is -0.254. The minimum absolute atomic E-state index is 0.0109. The van der Waals surface area contributed by atoms with Crippen LogP contribution >= 0.6 is 0 Å². The normalized spacial score (nSPS) is 33.4. The Kier molecular flexibility index (Phi) is 3.24. The second kappa shape index (κ2) is 4.88. The van der Waals surface area contributed by atoms with E-state index < -0.39 is 0 Å². The number of rotatable bonds is 3. The van der Waals surface area contributed by atoms with Gasteiger partial charge >= 0.3 is 0 Å². The molecule has 3 aliphatic rings.